The van der Waals surface area contributed by atoms with Crippen LogP contribution in [0.4, 0.5) is 0 Å². The average Bonchev–Trinajstić information content (AvgIpc) is 2.36. The standard InChI is InChI=1S/C14H31N3/c1-5-14(6-2,17(3)4)13(16-15)12-10-8-7-9-11-12/h12-13,16H,5-11,15H2,1-4H3. The third-order valence-corrected chi connectivity index (χ3v) is 4.99. The SMILES string of the molecule is CCC(CC)(C(NN)C1CCCCC1)N(C)C. The summed E-state index contributed by atoms with van der Waals surface area (Å²) < 4.78 is 0. The van der Waals surface area contributed by atoms with Crippen molar-refractivity contribution in [1.82, 2.24) is 10.3 Å². The summed E-state index contributed by atoms with van der Waals surface area (Å²) in [5.41, 5.74) is 3.36. The van der Waals surface area contributed by atoms with Crippen LogP contribution in [0.25, 0.3) is 0 Å². The maximum absolute atomic E-state index is 5.90. The van der Waals surface area contributed by atoms with E-state index in [1.165, 1.54) is 32.1 Å². The van der Waals surface area contributed by atoms with Crippen LogP contribution >= 0.6 is 0 Å². The number of rotatable bonds is 6. The van der Waals surface area contributed by atoms with Crippen molar-refractivity contribution in [3.05, 3.63) is 0 Å². The van der Waals surface area contributed by atoms with E-state index in [9.17, 15) is 0 Å². The highest BCUT2D eigenvalue weighted by atomic mass is 15.3. The van der Waals surface area contributed by atoms with Crippen molar-refractivity contribution < 1.29 is 0 Å². The Kier molecular flexibility index (Phi) is 5.90. The van der Waals surface area contributed by atoms with Crippen molar-refractivity contribution in [2.24, 2.45) is 11.8 Å². The van der Waals surface area contributed by atoms with Gasteiger partial charge in [0, 0.05) is 11.6 Å². The summed E-state index contributed by atoms with van der Waals surface area (Å²) in [5.74, 6) is 6.65. The molecule has 1 rings (SSSR count). The lowest BCUT2D eigenvalue weighted by atomic mass is 9.72. The van der Waals surface area contributed by atoms with E-state index in [0.717, 1.165) is 18.8 Å². The minimum absolute atomic E-state index is 0.205. The molecule has 17 heavy (non-hydrogen) atoms. The van der Waals surface area contributed by atoms with Crippen molar-refractivity contribution in [3.63, 3.8) is 0 Å². The van der Waals surface area contributed by atoms with E-state index >= 15 is 0 Å². The molecule has 1 saturated carbocycles. The van der Waals surface area contributed by atoms with Gasteiger partial charge in [-0.3, -0.25) is 11.3 Å². The Hall–Kier alpha value is -0.120. The Morgan fingerprint density at radius 3 is 2.06 bits per heavy atom. The maximum Gasteiger partial charge on any atom is 0.0422 e. The summed E-state index contributed by atoms with van der Waals surface area (Å²) in [6.45, 7) is 4.58. The predicted molar refractivity (Wildman–Crippen MR) is 74.7 cm³/mol. The number of hydrogen-bond acceptors (Lipinski definition) is 3. The van der Waals surface area contributed by atoms with Crippen molar-refractivity contribution >= 4 is 0 Å². The fourth-order valence-electron chi connectivity index (χ4n) is 3.80. The molecule has 0 aromatic heterocycles. The van der Waals surface area contributed by atoms with Gasteiger partial charge in [0.2, 0.25) is 0 Å². The molecule has 1 aliphatic carbocycles. The van der Waals surface area contributed by atoms with Gasteiger partial charge in [0.15, 0.2) is 0 Å². The average molecular weight is 241 g/mol. The number of hydrogen-bond donors (Lipinski definition) is 2. The Labute approximate surface area is 107 Å². The molecule has 0 aliphatic heterocycles. The minimum Gasteiger partial charge on any atom is -0.302 e. The van der Waals surface area contributed by atoms with Crippen LogP contribution in [-0.2, 0) is 0 Å². The molecular formula is C14H31N3. The zero-order chi connectivity index (χ0) is 12.9. The van der Waals surface area contributed by atoms with E-state index in [2.05, 4.69) is 38.3 Å². The van der Waals surface area contributed by atoms with Gasteiger partial charge in [-0.25, -0.2) is 0 Å². The van der Waals surface area contributed by atoms with Gasteiger partial charge in [0.05, 0.1) is 0 Å². The molecule has 0 aromatic rings. The fourth-order valence-corrected chi connectivity index (χ4v) is 3.80. The first-order chi connectivity index (χ1) is 8.12. The van der Waals surface area contributed by atoms with E-state index in [-0.39, 0.29) is 5.54 Å². The zero-order valence-corrected chi connectivity index (χ0v) is 12.1. The molecule has 1 atom stereocenters. The van der Waals surface area contributed by atoms with Crippen LogP contribution in [-0.4, -0.2) is 30.6 Å². The minimum atomic E-state index is 0.205. The van der Waals surface area contributed by atoms with E-state index in [4.69, 9.17) is 5.84 Å². The largest absolute Gasteiger partial charge is 0.302 e. The molecule has 0 saturated heterocycles. The monoisotopic (exact) mass is 241 g/mol. The molecule has 1 aliphatic rings. The number of nitrogens with one attached hydrogen (secondary N) is 1. The highest BCUT2D eigenvalue weighted by molar-refractivity contribution is 4.99. The molecule has 3 nitrogen and oxygen atoms in total. The van der Waals surface area contributed by atoms with Gasteiger partial charge in [-0.1, -0.05) is 33.1 Å². The predicted octanol–water partition coefficient (Wildman–Crippen LogP) is 2.52. The van der Waals surface area contributed by atoms with Crippen molar-refractivity contribution in [1.29, 1.82) is 0 Å². The van der Waals surface area contributed by atoms with Gasteiger partial charge >= 0.3 is 0 Å². The third-order valence-electron chi connectivity index (χ3n) is 4.99. The first kappa shape index (κ1) is 14.9. The van der Waals surface area contributed by atoms with E-state index < -0.39 is 0 Å². The summed E-state index contributed by atoms with van der Waals surface area (Å²) in [5, 5.41) is 0. The summed E-state index contributed by atoms with van der Waals surface area (Å²) >= 11 is 0. The van der Waals surface area contributed by atoms with E-state index in [1.54, 1.807) is 0 Å². The summed E-state index contributed by atoms with van der Waals surface area (Å²) in [4.78, 5) is 2.38. The second-order valence-corrected chi connectivity index (χ2v) is 5.75. The Morgan fingerprint density at radius 2 is 1.71 bits per heavy atom. The number of nitrogens with zero attached hydrogens (tertiary/aromatic N) is 1. The van der Waals surface area contributed by atoms with E-state index in [0.29, 0.717) is 6.04 Å². The molecule has 0 aromatic carbocycles. The van der Waals surface area contributed by atoms with Gasteiger partial charge in [-0.05, 0) is 45.7 Å². The van der Waals surface area contributed by atoms with Crippen LogP contribution in [0, 0.1) is 5.92 Å². The Bertz CT molecular complexity index is 206. The second-order valence-electron chi connectivity index (χ2n) is 5.75. The van der Waals surface area contributed by atoms with Crippen LogP contribution in [0.1, 0.15) is 58.8 Å². The van der Waals surface area contributed by atoms with Gasteiger partial charge in [0.25, 0.3) is 0 Å². The molecule has 0 spiro atoms. The van der Waals surface area contributed by atoms with Gasteiger partial charge in [-0.15, -0.1) is 0 Å². The third kappa shape index (κ3) is 3.01. The molecular weight excluding hydrogens is 210 g/mol. The summed E-state index contributed by atoms with van der Waals surface area (Å²) in [6.07, 6.45) is 9.14. The van der Waals surface area contributed by atoms with Crippen LogP contribution in [0.2, 0.25) is 0 Å². The number of likely N-dealkylation sites (N-methyl/N-ethyl adjacent to an activating group) is 1. The first-order valence-electron chi connectivity index (χ1n) is 7.26. The van der Waals surface area contributed by atoms with Gasteiger partial charge in [0.1, 0.15) is 0 Å². The van der Waals surface area contributed by atoms with Gasteiger partial charge < -0.3 is 4.90 Å². The van der Waals surface area contributed by atoms with E-state index in [1.807, 2.05) is 0 Å². The molecule has 102 valence electrons. The molecule has 0 bridgehead atoms. The molecule has 0 amide bonds. The van der Waals surface area contributed by atoms with Crippen LogP contribution < -0.4 is 11.3 Å². The fraction of sp³-hybridized carbons (Fsp3) is 1.00. The first-order valence-corrected chi connectivity index (χ1v) is 7.26. The summed E-state index contributed by atoms with van der Waals surface area (Å²) in [7, 11) is 4.39. The molecule has 0 heterocycles. The van der Waals surface area contributed by atoms with Crippen molar-refractivity contribution in [2.75, 3.05) is 14.1 Å². The highest BCUT2D eigenvalue weighted by Crippen LogP contribution is 2.36. The van der Waals surface area contributed by atoms with Gasteiger partial charge in [-0.2, -0.15) is 0 Å². The molecule has 1 fully saturated rings. The molecule has 1 unspecified atom stereocenters. The lowest BCUT2D eigenvalue weighted by Crippen LogP contribution is -2.63. The number of hydrazine groups is 1. The lowest BCUT2D eigenvalue weighted by Gasteiger charge is -2.48. The molecule has 3 N–H and O–H groups in total. The topological polar surface area (TPSA) is 41.3 Å². The van der Waals surface area contributed by atoms with Crippen molar-refractivity contribution in [2.45, 2.75) is 70.4 Å². The zero-order valence-electron chi connectivity index (χ0n) is 12.1. The second kappa shape index (κ2) is 6.72. The smallest absolute Gasteiger partial charge is 0.0422 e. The normalized spacial score (nSPS) is 20.8. The van der Waals surface area contributed by atoms with Crippen LogP contribution in [0.15, 0.2) is 0 Å². The van der Waals surface area contributed by atoms with Crippen LogP contribution in [0.3, 0.4) is 0 Å². The molecule has 0 radical (unpaired) electrons. The number of nitrogens with two attached hydrogens (primary N) is 1. The van der Waals surface area contributed by atoms with Crippen LogP contribution in [0.5, 0.6) is 0 Å². The molecule has 3 heteroatoms. The lowest BCUT2D eigenvalue weighted by molar-refractivity contribution is 0.0484. The quantitative estimate of drug-likeness (QED) is 0.554. The van der Waals surface area contributed by atoms with Crippen molar-refractivity contribution in [3.8, 4) is 0 Å². The Balaban J connectivity index is 2.87. The maximum atomic E-state index is 5.90. The Morgan fingerprint density at radius 1 is 1.18 bits per heavy atom. The highest BCUT2D eigenvalue weighted by Gasteiger charge is 2.41. The summed E-state index contributed by atoms with van der Waals surface area (Å²) in [6, 6.07) is 0.424.